The van der Waals surface area contributed by atoms with Crippen LogP contribution in [0.15, 0.2) is 70.2 Å². The van der Waals surface area contributed by atoms with Crippen molar-refractivity contribution in [3.8, 4) is 11.5 Å². The number of aromatic nitrogens is 2. The molecule has 0 spiro atoms. The highest BCUT2D eigenvalue weighted by atomic mass is 35.5. The molecule has 4 aromatic rings. The molecule has 2 heterocycles. The van der Waals surface area contributed by atoms with E-state index in [-0.39, 0.29) is 5.76 Å². The fourth-order valence-corrected chi connectivity index (χ4v) is 3.54. The van der Waals surface area contributed by atoms with Crippen molar-refractivity contribution < 1.29 is 18.7 Å². The molecule has 0 fully saturated rings. The van der Waals surface area contributed by atoms with Gasteiger partial charge >= 0.3 is 5.91 Å². The summed E-state index contributed by atoms with van der Waals surface area (Å²) in [7, 11) is 1.57. The number of hydrazone groups is 1. The molecule has 1 N–H and O–H groups in total. The topological polar surface area (TPSA) is 90.9 Å². The summed E-state index contributed by atoms with van der Waals surface area (Å²) in [4.78, 5) is 12.4. The van der Waals surface area contributed by atoms with Crippen LogP contribution < -0.4 is 14.9 Å². The Morgan fingerprint density at radius 3 is 2.66 bits per heavy atom. The molecule has 2 aromatic carbocycles. The standard InChI is InChI=1S/C26H25ClN4O4/c1-17-25(27)18(2)31(30-17)15-21-10-12-23(35-21)26(32)29-28-14-20-9-11-22(24(13-20)33-3)34-16-19-7-5-4-6-8-19/h4-14H,15-16H2,1-3H3,(H,29,32)/b28-14-. The summed E-state index contributed by atoms with van der Waals surface area (Å²) in [5.41, 5.74) is 5.84. The first-order valence-electron chi connectivity index (χ1n) is 10.9. The number of rotatable bonds is 9. The van der Waals surface area contributed by atoms with E-state index in [2.05, 4.69) is 15.6 Å². The van der Waals surface area contributed by atoms with Crippen LogP contribution in [-0.2, 0) is 13.2 Å². The van der Waals surface area contributed by atoms with Gasteiger partial charge in [0.2, 0.25) is 0 Å². The quantitative estimate of drug-likeness (QED) is 0.258. The minimum atomic E-state index is -0.464. The van der Waals surface area contributed by atoms with Gasteiger partial charge in [-0.1, -0.05) is 41.9 Å². The van der Waals surface area contributed by atoms with Crippen molar-refractivity contribution in [3.63, 3.8) is 0 Å². The molecule has 0 aliphatic heterocycles. The molecule has 0 unspecified atom stereocenters. The van der Waals surface area contributed by atoms with Crippen molar-refractivity contribution in [2.24, 2.45) is 5.10 Å². The Balaban J connectivity index is 1.34. The van der Waals surface area contributed by atoms with Gasteiger partial charge in [-0.15, -0.1) is 0 Å². The van der Waals surface area contributed by atoms with E-state index in [1.54, 1.807) is 36.1 Å². The Morgan fingerprint density at radius 1 is 1.14 bits per heavy atom. The summed E-state index contributed by atoms with van der Waals surface area (Å²) >= 11 is 6.19. The van der Waals surface area contributed by atoms with Gasteiger partial charge in [0.15, 0.2) is 17.3 Å². The van der Waals surface area contributed by atoms with Crippen LogP contribution in [0.5, 0.6) is 11.5 Å². The first kappa shape index (κ1) is 24.1. The lowest BCUT2D eigenvalue weighted by Gasteiger charge is -2.11. The highest BCUT2D eigenvalue weighted by molar-refractivity contribution is 6.31. The molecule has 0 radical (unpaired) electrons. The number of amides is 1. The lowest BCUT2D eigenvalue weighted by Crippen LogP contribution is -2.16. The molecule has 180 valence electrons. The molecule has 1 amide bonds. The second-order valence-corrected chi connectivity index (χ2v) is 8.17. The molecule has 0 aliphatic carbocycles. The van der Waals surface area contributed by atoms with Gasteiger partial charge < -0.3 is 13.9 Å². The van der Waals surface area contributed by atoms with Gasteiger partial charge in [-0.05, 0) is 55.3 Å². The van der Waals surface area contributed by atoms with E-state index >= 15 is 0 Å². The van der Waals surface area contributed by atoms with Gasteiger partial charge in [0, 0.05) is 0 Å². The molecular weight excluding hydrogens is 468 g/mol. The Hall–Kier alpha value is -4.04. The Labute approximate surface area is 208 Å². The molecule has 9 heteroatoms. The first-order valence-corrected chi connectivity index (χ1v) is 11.3. The number of nitrogens with one attached hydrogen (secondary N) is 1. The zero-order chi connectivity index (χ0) is 24.8. The Morgan fingerprint density at radius 2 is 1.94 bits per heavy atom. The van der Waals surface area contributed by atoms with E-state index in [0.29, 0.717) is 35.4 Å². The summed E-state index contributed by atoms with van der Waals surface area (Å²) in [5, 5.41) is 9.02. The number of hydrogen-bond acceptors (Lipinski definition) is 6. The van der Waals surface area contributed by atoms with Crippen molar-refractivity contribution in [2.75, 3.05) is 7.11 Å². The van der Waals surface area contributed by atoms with Crippen LogP contribution in [0.25, 0.3) is 0 Å². The van der Waals surface area contributed by atoms with Crippen LogP contribution >= 0.6 is 11.6 Å². The van der Waals surface area contributed by atoms with Crippen molar-refractivity contribution in [1.29, 1.82) is 0 Å². The van der Waals surface area contributed by atoms with Crippen LogP contribution in [0.4, 0.5) is 0 Å². The Bertz CT molecular complexity index is 1340. The molecule has 0 aliphatic rings. The predicted molar refractivity (Wildman–Crippen MR) is 133 cm³/mol. The number of carbonyl (C=O) groups excluding carboxylic acids is 1. The van der Waals surface area contributed by atoms with Crippen LogP contribution in [0.1, 0.15) is 38.8 Å². The number of methoxy groups -OCH3 is 1. The van der Waals surface area contributed by atoms with Crippen LogP contribution in [-0.4, -0.2) is 29.0 Å². The number of halogens is 1. The maximum absolute atomic E-state index is 12.4. The van der Waals surface area contributed by atoms with E-state index < -0.39 is 5.91 Å². The van der Waals surface area contributed by atoms with Crippen LogP contribution in [0, 0.1) is 13.8 Å². The third-order valence-corrected chi connectivity index (χ3v) is 5.84. The summed E-state index contributed by atoms with van der Waals surface area (Å²) in [6, 6.07) is 18.6. The van der Waals surface area contributed by atoms with Gasteiger partial charge in [-0.2, -0.15) is 10.2 Å². The molecule has 35 heavy (non-hydrogen) atoms. The molecule has 0 atom stereocenters. The van der Waals surface area contributed by atoms with Crippen molar-refractivity contribution in [2.45, 2.75) is 27.0 Å². The van der Waals surface area contributed by atoms with E-state index in [1.165, 1.54) is 6.21 Å². The minimum absolute atomic E-state index is 0.145. The van der Waals surface area contributed by atoms with Gasteiger partial charge in [0.1, 0.15) is 12.4 Å². The van der Waals surface area contributed by atoms with E-state index in [1.807, 2.05) is 50.2 Å². The maximum atomic E-state index is 12.4. The highest BCUT2D eigenvalue weighted by Gasteiger charge is 2.14. The molecule has 4 rings (SSSR count). The van der Waals surface area contributed by atoms with E-state index in [4.69, 9.17) is 25.5 Å². The first-order chi connectivity index (χ1) is 16.9. The van der Waals surface area contributed by atoms with Crippen molar-refractivity contribution >= 4 is 23.7 Å². The average molecular weight is 493 g/mol. The summed E-state index contributed by atoms with van der Waals surface area (Å²) < 4.78 is 18.7. The lowest BCUT2D eigenvalue weighted by atomic mass is 10.2. The smallest absolute Gasteiger partial charge is 0.307 e. The largest absolute Gasteiger partial charge is 0.493 e. The minimum Gasteiger partial charge on any atom is -0.493 e. The second kappa shape index (κ2) is 10.9. The summed E-state index contributed by atoms with van der Waals surface area (Å²) in [6.07, 6.45) is 1.52. The predicted octanol–water partition coefficient (Wildman–Crippen LogP) is 5.15. The number of furan rings is 1. The number of benzene rings is 2. The zero-order valence-corrected chi connectivity index (χ0v) is 20.4. The van der Waals surface area contributed by atoms with Crippen molar-refractivity contribution in [3.05, 3.63) is 99.7 Å². The van der Waals surface area contributed by atoms with Gasteiger partial charge in [0.05, 0.1) is 36.3 Å². The lowest BCUT2D eigenvalue weighted by molar-refractivity contribution is 0.0925. The maximum Gasteiger partial charge on any atom is 0.307 e. The molecule has 0 bridgehead atoms. The molecule has 8 nitrogen and oxygen atoms in total. The molecule has 0 saturated carbocycles. The second-order valence-electron chi connectivity index (χ2n) is 7.79. The van der Waals surface area contributed by atoms with Gasteiger partial charge in [0.25, 0.3) is 0 Å². The van der Waals surface area contributed by atoms with Crippen LogP contribution in [0.2, 0.25) is 5.02 Å². The SMILES string of the molecule is COc1cc(/C=N\NC(=O)c2ccc(Cn3nc(C)c(Cl)c3C)o2)ccc1OCc1ccccc1. The number of carbonyl (C=O) groups is 1. The number of nitrogens with zero attached hydrogens (tertiary/aromatic N) is 3. The highest BCUT2D eigenvalue weighted by Crippen LogP contribution is 2.28. The fourth-order valence-electron chi connectivity index (χ4n) is 3.40. The third-order valence-electron chi connectivity index (χ3n) is 5.29. The van der Waals surface area contributed by atoms with E-state index in [0.717, 1.165) is 22.5 Å². The van der Waals surface area contributed by atoms with E-state index in [9.17, 15) is 4.79 Å². The molecule has 2 aromatic heterocycles. The number of hydrogen-bond donors (Lipinski definition) is 1. The summed E-state index contributed by atoms with van der Waals surface area (Å²) in [5.74, 6) is 1.44. The van der Waals surface area contributed by atoms with Gasteiger partial charge in [-0.3, -0.25) is 9.48 Å². The monoisotopic (exact) mass is 492 g/mol. The van der Waals surface area contributed by atoms with Crippen LogP contribution in [0.3, 0.4) is 0 Å². The van der Waals surface area contributed by atoms with Gasteiger partial charge in [-0.25, -0.2) is 5.43 Å². The third kappa shape index (κ3) is 5.91. The normalized spacial score (nSPS) is 11.1. The number of aryl methyl sites for hydroxylation is 1. The molecule has 0 saturated heterocycles. The molecular formula is C26H25ClN4O4. The average Bonchev–Trinajstić information content (AvgIpc) is 3.44. The van der Waals surface area contributed by atoms with Crippen molar-refractivity contribution in [1.82, 2.24) is 15.2 Å². The zero-order valence-electron chi connectivity index (χ0n) is 19.6. The fraction of sp³-hybridized carbons (Fsp3) is 0.192. The Kier molecular flexibility index (Phi) is 7.52. The number of ether oxygens (including phenoxy) is 2. The summed E-state index contributed by atoms with van der Waals surface area (Å²) in [6.45, 7) is 4.52.